The molecule has 0 radical (unpaired) electrons. The predicted octanol–water partition coefficient (Wildman–Crippen LogP) is 4.40. The van der Waals surface area contributed by atoms with Gasteiger partial charge in [-0.1, -0.05) is 40.0 Å². The molecule has 0 saturated heterocycles. The molecule has 0 saturated carbocycles. The van der Waals surface area contributed by atoms with Gasteiger partial charge in [0.05, 0.1) is 0 Å². The zero-order chi connectivity index (χ0) is 10.2. The van der Waals surface area contributed by atoms with Crippen LogP contribution in [-0.2, 0) is 0 Å². The molecule has 0 unspecified atom stereocenters. The van der Waals surface area contributed by atoms with E-state index in [1.165, 1.54) is 19.3 Å². The van der Waals surface area contributed by atoms with Crippen LogP contribution in [0.3, 0.4) is 0 Å². The molecule has 3 heteroatoms. The molecule has 0 aliphatic carbocycles. The van der Waals surface area contributed by atoms with Crippen molar-refractivity contribution < 1.29 is 13.2 Å². The Morgan fingerprint density at radius 2 is 1.50 bits per heavy atom. The van der Waals surface area contributed by atoms with Gasteiger partial charge in [-0.15, -0.1) is 0 Å². The zero-order valence-electron chi connectivity index (χ0n) is 8.33. The minimum atomic E-state index is -4.00. The fraction of sp³-hybridized carbons (Fsp3) is 1.00. The average molecular weight is 184 g/mol. The van der Waals surface area contributed by atoms with Crippen LogP contribution in [0.4, 0.5) is 13.2 Å². The molecule has 0 spiro atoms. The maximum atomic E-state index is 10.4. The van der Waals surface area contributed by atoms with E-state index in [4.69, 9.17) is 0 Å². The molecule has 0 rings (SSSR count). The highest BCUT2D eigenvalue weighted by molar-refractivity contribution is 4.42. The molecule has 0 nitrogen and oxygen atoms in total. The molecule has 0 aliphatic rings. The summed E-state index contributed by atoms with van der Waals surface area (Å²) in [5.41, 5.74) is 0. The Bertz CT molecular complexity index is 78.3. The molecule has 12 heavy (non-hydrogen) atoms. The van der Waals surface area contributed by atoms with Gasteiger partial charge in [-0.3, -0.25) is 0 Å². The molecule has 0 aromatic heterocycles. The van der Waals surface area contributed by atoms with Gasteiger partial charge in [0.1, 0.15) is 0 Å². The fourth-order valence-corrected chi connectivity index (χ4v) is 0.612. The Hall–Kier alpha value is -0.210. The molecule has 0 aromatic carbocycles. The van der Waals surface area contributed by atoms with E-state index in [0.29, 0.717) is 0 Å². The van der Waals surface area contributed by atoms with Crippen molar-refractivity contribution in [2.45, 2.75) is 53.1 Å². The van der Waals surface area contributed by atoms with Crippen LogP contribution in [-0.4, -0.2) is 6.18 Å². The van der Waals surface area contributed by atoms with Crippen molar-refractivity contribution in [3.63, 3.8) is 0 Å². The number of hydrogen-bond donors (Lipinski definition) is 0. The third kappa shape index (κ3) is 52.7. The summed E-state index contributed by atoms with van der Waals surface area (Å²) in [5.74, 6) is 0.903. The van der Waals surface area contributed by atoms with Gasteiger partial charge in [-0.2, -0.15) is 13.2 Å². The molecule has 76 valence electrons. The second-order valence-electron chi connectivity index (χ2n) is 3.32. The minimum absolute atomic E-state index is 0.188. The van der Waals surface area contributed by atoms with Crippen LogP contribution in [0.1, 0.15) is 47.0 Å². The van der Waals surface area contributed by atoms with Gasteiger partial charge in [0, 0.05) is 6.92 Å². The van der Waals surface area contributed by atoms with E-state index in [-0.39, 0.29) is 6.92 Å². The second-order valence-corrected chi connectivity index (χ2v) is 3.32. The first-order valence-corrected chi connectivity index (χ1v) is 4.34. The van der Waals surface area contributed by atoms with E-state index >= 15 is 0 Å². The molecule has 0 aliphatic heterocycles. The SMILES string of the molecule is CC(F)(F)F.CCCCC(C)C. The molecule has 0 atom stereocenters. The lowest BCUT2D eigenvalue weighted by Gasteiger charge is -1.98. The van der Waals surface area contributed by atoms with E-state index in [1.807, 2.05) is 0 Å². The lowest BCUT2D eigenvalue weighted by molar-refractivity contribution is -0.110. The first kappa shape index (κ1) is 14.3. The summed E-state index contributed by atoms with van der Waals surface area (Å²) in [6.45, 7) is 6.97. The van der Waals surface area contributed by atoms with Crippen molar-refractivity contribution in [1.29, 1.82) is 0 Å². The largest absolute Gasteiger partial charge is 0.386 e. The van der Waals surface area contributed by atoms with Crippen LogP contribution in [0.15, 0.2) is 0 Å². The van der Waals surface area contributed by atoms with Crippen molar-refractivity contribution in [2.75, 3.05) is 0 Å². The third-order valence-corrected chi connectivity index (χ3v) is 1.14. The second kappa shape index (κ2) is 7.44. The highest BCUT2D eigenvalue weighted by atomic mass is 19.4. The summed E-state index contributed by atoms with van der Waals surface area (Å²) in [6.07, 6.45) is 0.145. The summed E-state index contributed by atoms with van der Waals surface area (Å²) in [7, 11) is 0. The lowest BCUT2D eigenvalue weighted by atomic mass is 10.1. The number of halogens is 3. The molecule has 0 heterocycles. The minimum Gasteiger partial charge on any atom is -0.172 e. The van der Waals surface area contributed by atoms with Crippen LogP contribution < -0.4 is 0 Å². The highest BCUT2D eigenvalue weighted by Crippen LogP contribution is 2.10. The van der Waals surface area contributed by atoms with E-state index < -0.39 is 6.18 Å². The van der Waals surface area contributed by atoms with Gasteiger partial charge >= 0.3 is 6.18 Å². The van der Waals surface area contributed by atoms with Gasteiger partial charge in [0.15, 0.2) is 0 Å². The number of alkyl halides is 3. The summed E-state index contributed by atoms with van der Waals surface area (Å²) in [4.78, 5) is 0. The molecule has 0 N–H and O–H groups in total. The third-order valence-electron chi connectivity index (χ3n) is 1.14. The normalized spacial score (nSPS) is 11.0. The van der Waals surface area contributed by atoms with Crippen LogP contribution >= 0.6 is 0 Å². The molecular formula is C9H19F3. The Morgan fingerprint density at radius 3 is 1.58 bits per heavy atom. The van der Waals surface area contributed by atoms with Crippen molar-refractivity contribution >= 4 is 0 Å². The zero-order valence-corrected chi connectivity index (χ0v) is 8.33. The van der Waals surface area contributed by atoms with Crippen molar-refractivity contribution in [2.24, 2.45) is 5.92 Å². The molecule has 0 aromatic rings. The number of unbranched alkanes of at least 4 members (excludes halogenated alkanes) is 1. The maximum Gasteiger partial charge on any atom is 0.386 e. The van der Waals surface area contributed by atoms with E-state index in [0.717, 1.165) is 5.92 Å². The first-order chi connectivity index (χ1) is 5.27. The fourth-order valence-electron chi connectivity index (χ4n) is 0.612. The Labute approximate surface area is 73.2 Å². The Morgan fingerprint density at radius 1 is 1.17 bits per heavy atom. The maximum absolute atomic E-state index is 10.4. The van der Waals surface area contributed by atoms with Crippen LogP contribution in [0.25, 0.3) is 0 Å². The van der Waals surface area contributed by atoms with E-state index in [2.05, 4.69) is 20.8 Å². The first-order valence-electron chi connectivity index (χ1n) is 4.34. The van der Waals surface area contributed by atoms with E-state index in [9.17, 15) is 13.2 Å². The smallest absolute Gasteiger partial charge is 0.172 e. The highest BCUT2D eigenvalue weighted by Gasteiger charge is 2.15. The topological polar surface area (TPSA) is 0 Å². The summed E-state index contributed by atoms with van der Waals surface area (Å²) in [5, 5.41) is 0. The molecular weight excluding hydrogens is 165 g/mol. The number of rotatable bonds is 3. The van der Waals surface area contributed by atoms with Crippen molar-refractivity contribution in [1.82, 2.24) is 0 Å². The predicted molar refractivity (Wildman–Crippen MR) is 46.1 cm³/mol. The molecule has 0 amide bonds. The molecule has 0 fully saturated rings. The van der Waals surface area contributed by atoms with Crippen molar-refractivity contribution in [3.8, 4) is 0 Å². The summed E-state index contributed by atoms with van der Waals surface area (Å²) < 4.78 is 31.1. The Balaban J connectivity index is 0. The summed E-state index contributed by atoms with van der Waals surface area (Å²) in [6, 6.07) is 0. The van der Waals surface area contributed by atoms with E-state index in [1.54, 1.807) is 0 Å². The quantitative estimate of drug-likeness (QED) is 0.609. The monoisotopic (exact) mass is 184 g/mol. The van der Waals surface area contributed by atoms with Gasteiger partial charge in [-0.05, 0) is 5.92 Å². The van der Waals surface area contributed by atoms with Crippen LogP contribution in [0, 0.1) is 5.92 Å². The van der Waals surface area contributed by atoms with Crippen LogP contribution in [0.2, 0.25) is 0 Å². The Kier molecular flexibility index (Phi) is 8.88. The van der Waals surface area contributed by atoms with Gasteiger partial charge in [-0.25, -0.2) is 0 Å². The van der Waals surface area contributed by atoms with Gasteiger partial charge < -0.3 is 0 Å². The van der Waals surface area contributed by atoms with Crippen molar-refractivity contribution in [3.05, 3.63) is 0 Å². The van der Waals surface area contributed by atoms with Gasteiger partial charge in [0.2, 0.25) is 0 Å². The number of hydrogen-bond acceptors (Lipinski definition) is 0. The lowest BCUT2D eigenvalue weighted by Crippen LogP contribution is -1.95. The summed E-state index contributed by atoms with van der Waals surface area (Å²) >= 11 is 0. The molecule has 0 bridgehead atoms. The average Bonchev–Trinajstić information content (AvgIpc) is 1.79. The standard InChI is InChI=1S/C7H16.C2H3F3/c1-4-5-6-7(2)3;1-2(3,4)5/h7H,4-6H2,1-3H3;1H3. The van der Waals surface area contributed by atoms with Gasteiger partial charge in [0.25, 0.3) is 0 Å². The van der Waals surface area contributed by atoms with Crippen LogP contribution in [0.5, 0.6) is 0 Å².